The summed E-state index contributed by atoms with van der Waals surface area (Å²) in [7, 11) is -3.13. The van der Waals surface area contributed by atoms with Gasteiger partial charge in [-0.1, -0.05) is 13.8 Å². The van der Waals surface area contributed by atoms with Gasteiger partial charge in [0.25, 0.3) is 0 Å². The van der Waals surface area contributed by atoms with Crippen molar-refractivity contribution in [2.24, 2.45) is 5.92 Å². The number of hydrogen-bond donors (Lipinski definition) is 2. The first kappa shape index (κ1) is 16.0. The van der Waals surface area contributed by atoms with Crippen LogP contribution in [-0.2, 0) is 9.84 Å². The third kappa shape index (κ3) is 5.20. The van der Waals surface area contributed by atoms with E-state index < -0.39 is 9.84 Å². The number of hydrogen-bond acceptors (Lipinski definition) is 4. The Hall–Kier alpha value is -1.07. The lowest BCUT2D eigenvalue weighted by Crippen LogP contribution is -2.12. The number of aliphatic hydroxyl groups excluding tert-OH is 1. The van der Waals surface area contributed by atoms with Crippen LogP contribution in [0, 0.1) is 5.92 Å². The van der Waals surface area contributed by atoms with E-state index in [-0.39, 0.29) is 12.4 Å². The predicted octanol–water partition coefficient (Wildman–Crippen LogP) is 2.30. The Morgan fingerprint density at radius 1 is 1.26 bits per heavy atom. The zero-order valence-electron chi connectivity index (χ0n) is 11.6. The minimum atomic E-state index is -3.13. The lowest BCUT2D eigenvalue weighted by atomic mass is 10.1. The molecule has 0 bridgehead atoms. The molecule has 1 aromatic rings. The van der Waals surface area contributed by atoms with Gasteiger partial charge in [-0.15, -0.1) is 0 Å². The third-order valence-corrected chi connectivity index (χ3v) is 4.90. The van der Waals surface area contributed by atoms with Crippen molar-refractivity contribution in [1.82, 2.24) is 0 Å². The van der Waals surface area contributed by atoms with Gasteiger partial charge >= 0.3 is 0 Å². The van der Waals surface area contributed by atoms with Gasteiger partial charge in [-0.3, -0.25) is 0 Å². The van der Waals surface area contributed by atoms with Crippen LogP contribution in [0.25, 0.3) is 0 Å². The van der Waals surface area contributed by atoms with E-state index in [0.29, 0.717) is 17.2 Å². The second kappa shape index (κ2) is 7.50. The fourth-order valence-electron chi connectivity index (χ4n) is 1.78. The van der Waals surface area contributed by atoms with Crippen LogP contribution in [0.15, 0.2) is 29.2 Å². The average Bonchev–Trinajstić information content (AvgIpc) is 2.37. The fourth-order valence-corrected chi connectivity index (χ4v) is 3.11. The summed E-state index contributed by atoms with van der Waals surface area (Å²) < 4.78 is 23.7. The van der Waals surface area contributed by atoms with E-state index in [1.54, 1.807) is 24.3 Å². The van der Waals surface area contributed by atoms with Gasteiger partial charge in [0.2, 0.25) is 0 Å². The predicted molar refractivity (Wildman–Crippen MR) is 78.1 cm³/mol. The second-order valence-electron chi connectivity index (χ2n) is 4.84. The summed E-state index contributed by atoms with van der Waals surface area (Å²) in [5, 5.41) is 12.0. The molecule has 0 saturated heterocycles. The van der Waals surface area contributed by atoms with Gasteiger partial charge in [0.1, 0.15) is 0 Å². The van der Waals surface area contributed by atoms with Gasteiger partial charge in [0, 0.05) is 18.8 Å². The van der Waals surface area contributed by atoms with Crippen molar-refractivity contribution < 1.29 is 13.5 Å². The normalized spacial score (nSPS) is 13.2. The van der Waals surface area contributed by atoms with Crippen molar-refractivity contribution in [3.8, 4) is 0 Å². The first-order valence-corrected chi connectivity index (χ1v) is 8.32. The summed E-state index contributed by atoms with van der Waals surface area (Å²) in [5.74, 6) is 0.571. The van der Waals surface area contributed by atoms with E-state index in [0.717, 1.165) is 18.7 Å². The molecule has 19 heavy (non-hydrogen) atoms. The van der Waals surface area contributed by atoms with Gasteiger partial charge in [0.15, 0.2) is 9.84 Å². The van der Waals surface area contributed by atoms with Crippen LogP contribution in [0.4, 0.5) is 5.69 Å². The number of nitrogens with one attached hydrogen (secondary N) is 1. The van der Waals surface area contributed by atoms with Crippen molar-refractivity contribution in [3.63, 3.8) is 0 Å². The maximum absolute atomic E-state index is 11.8. The molecule has 0 aromatic heterocycles. The van der Waals surface area contributed by atoms with Crippen molar-refractivity contribution in [3.05, 3.63) is 24.3 Å². The molecular formula is C14H23NO3S. The lowest BCUT2D eigenvalue weighted by molar-refractivity contribution is 0.266. The molecule has 0 aliphatic heterocycles. The maximum atomic E-state index is 11.8. The van der Waals surface area contributed by atoms with Crippen molar-refractivity contribution in [1.29, 1.82) is 0 Å². The highest BCUT2D eigenvalue weighted by Gasteiger charge is 2.12. The molecule has 108 valence electrons. The van der Waals surface area contributed by atoms with Crippen LogP contribution in [0.1, 0.15) is 26.7 Å². The van der Waals surface area contributed by atoms with Crippen molar-refractivity contribution >= 4 is 15.5 Å². The standard InChI is InChI=1S/C14H23NO3S/c1-3-10-19(17,18)14-6-4-13(5-7-14)15-11-12(2)8-9-16/h4-7,12,15-16H,3,8-11H2,1-2H3. The summed E-state index contributed by atoms with van der Waals surface area (Å²) in [4.78, 5) is 0.378. The van der Waals surface area contributed by atoms with Crippen LogP contribution >= 0.6 is 0 Å². The molecule has 0 heterocycles. The molecule has 0 aliphatic rings. The van der Waals surface area contributed by atoms with Gasteiger partial charge in [-0.05, 0) is 43.0 Å². The summed E-state index contributed by atoms with van der Waals surface area (Å²) in [6.07, 6.45) is 1.39. The van der Waals surface area contributed by atoms with Gasteiger partial charge in [-0.25, -0.2) is 8.42 Å². The van der Waals surface area contributed by atoms with E-state index in [2.05, 4.69) is 12.2 Å². The number of aliphatic hydroxyl groups is 1. The number of sulfone groups is 1. The van der Waals surface area contributed by atoms with Crippen molar-refractivity contribution in [2.45, 2.75) is 31.6 Å². The third-order valence-electron chi connectivity index (χ3n) is 2.96. The minimum Gasteiger partial charge on any atom is -0.396 e. The Morgan fingerprint density at radius 2 is 1.89 bits per heavy atom. The van der Waals surface area contributed by atoms with E-state index >= 15 is 0 Å². The molecule has 1 aromatic carbocycles. The van der Waals surface area contributed by atoms with Crippen LogP contribution in [-0.4, -0.2) is 32.4 Å². The maximum Gasteiger partial charge on any atom is 0.178 e. The Labute approximate surface area is 115 Å². The van der Waals surface area contributed by atoms with Gasteiger partial charge in [-0.2, -0.15) is 0 Å². The van der Waals surface area contributed by atoms with Crippen LogP contribution in [0.2, 0.25) is 0 Å². The van der Waals surface area contributed by atoms with Crippen LogP contribution < -0.4 is 5.32 Å². The zero-order chi connectivity index (χ0) is 14.3. The Kier molecular flexibility index (Phi) is 6.31. The zero-order valence-corrected chi connectivity index (χ0v) is 12.4. The molecule has 0 radical (unpaired) electrons. The highest BCUT2D eigenvalue weighted by molar-refractivity contribution is 7.91. The SMILES string of the molecule is CCCS(=O)(=O)c1ccc(NCC(C)CCO)cc1. The quantitative estimate of drug-likeness (QED) is 0.769. The van der Waals surface area contributed by atoms with E-state index in [9.17, 15) is 8.42 Å². The number of rotatable bonds is 8. The molecule has 1 unspecified atom stereocenters. The molecular weight excluding hydrogens is 262 g/mol. The molecule has 0 saturated carbocycles. The largest absolute Gasteiger partial charge is 0.396 e. The molecule has 0 spiro atoms. The van der Waals surface area contributed by atoms with E-state index in [1.165, 1.54) is 0 Å². The van der Waals surface area contributed by atoms with Crippen LogP contribution in [0.5, 0.6) is 0 Å². The molecule has 1 rings (SSSR count). The molecule has 0 amide bonds. The fraction of sp³-hybridized carbons (Fsp3) is 0.571. The highest BCUT2D eigenvalue weighted by Crippen LogP contribution is 2.16. The first-order chi connectivity index (χ1) is 8.99. The molecule has 4 nitrogen and oxygen atoms in total. The Morgan fingerprint density at radius 3 is 2.42 bits per heavy atom. The van der Waals surface area contributed by atoms with Gasteiger partial charge < -0.3 is 10.4 Å². The second-order valence-corrected chi connectivity index (χ2v) is 6.95. The minimum absolute atomic E-state index is 0.188. The van der Waals surface area contributed by atoms with E-state index in [4.69, 9.17) is 5.11 Å². The number of benzene rings is 1. The lowest BCUT2D eigenvalue weighted by Gasteiger charge is -2.12. The summed E-state index contributed by atoms with van der Waals surface area (Å²) in [5.41, 5.74) is 0.903. The van der Waals surface area contributed by atoms with Crippen molar-refractivity contribution in [2.75, 3.05) is 24.2 Å². The topological polar surface area (TPSA) is 66.4 Å². The molecule has 1 atom stereocenters. The molecule has 2 N–H and O–H groups in total. The van der Waals surface area contributed by atoms with Gasteiger partial charge in [0.05, 0.1) is 10.6 Å². The molecule has 0 aliphatic carbocycles. The Bertz CT molecular complexity index is 468. The first-order valence-electron chi connectivity index (χ1n) is 6.67. The van der Waals surface area contributed by atoms with Crippen LogP contribution in [0.3, 0.4) is 0 Å². The monoisotopic (exact) mass is 285 g/mol. The molecule has 0 fully saturated rings. The summed E-state index contributed by atoms with van der Waals surface area (Å²) in [6, 6.07) is 6.86. The smallest absolute Gasteiger partial charge is 0.178 e. The molecule has 5 heteroatoms. The highest BCUT2D eigenvalue weighted by atomic mass is 32.2. The van der Waals surface area contributed by atoms with E-state index in [1.807, 2.05) is 6.92 Å². The average molecular weight is 285 g/mol. The number of anilines is 1. The Balaban J connectivity index is 2.62. The summed E-state index contributed by atoms with van der Waals surface area (Å²) in [6.45, 7) is 4.87. The summed E-state index contributed by atoms with van der Waals surface area (Å²) >= 11 is 0.